The van der Waals surface area contributed by atoms with Gasteiger partial charge in [0.1, 0.15) is 0 Å². The second-order valence-corrected chi connectivity index (χ2v) is 11.0. The van der Waals surface area contributed by atoms with E-state index >= 15 is 0 Å². The number of nitrogens with one attached hydrogen (secondary N) is 1. The molecule has 0 radical (unpaired) electrons. The summed E-state index contributed by atoms with van der Waals surface area (Å²) in [5, 5.41) is 3.05. The molecule has 0 bridgehead atoms. The highest BCUT2D eigenvalue weighted by molar-refractivity contribution is 5.91. The first kappa shape index (κ1) is 27.4. The van der Waals surface area contributed by atoms with Crippen molar-refractivity contribution in [2.24, 2.45) is 11.3 Å². The zero-order valence-corrected chi connectivity index (χ0v) is 22.3. The Kier molecular flexibility index (Phi) is 9.72. The summed E-state index contributed by atoms with van der Waals surface area (Å²) in [6.45, 7) is 13.7. The third-order valence-corrected chi connectivity index (χ3v) is 5.70. The number of carbonyl (C=O) groups excluding carboxylic acids is 2. The topological polar surface area (TPSA) is 52.7 Å². The number of nitrogens with zero attached hydrogens (tertiary/aromatic N) is 2. The molecule has 0 aromatic heterocycles. The third-order valence-electron chi connectivity index (χ3n) is 5.70. The number of anilines is 2. The first-order valence-electron chi connectivity index (χ1n) is 12.3. The molecule has 2 aromatic carbocycles. The average molecular weight is 466 g/mol. The van der Waals surface area contributed by atoms with E-state index in [0.717, 1.165) is 28.9 Å². The number of amides is 2. The fourth-order valence-corrected chi connectivity index (χ4v) is 4.25. The predicted molar refractivity (Wildman–Crippen MR) is 143 cm³/mol. The van der Waals surface area contributed by atoms with E-state index in [4.69, 9.17) is 0 Å². The monoisotopic (exact) mass is 465 g/mol. The van der Waals surface area contributed by atoms with Crippen LogP contribution in [0.3, 0.4) is 0 Å². The van der Waals surface area contributed by atoms with Gasteiger partial charge in [0.15, 0.2) is 0 Å². The number of benzene rings is 2. The maximum Gasteiger partial charge on any atom is 0.230 e. The molecule has 186 valence electrons. The molecule has 0 aliphatic carbocycles. The summed E-state index contributed by atoms with van der Waals surface area (Å²) in [5.74, 6) is 0.322. The van der Waals surface area contributed by atoms with Gasteiger partial charge in [-0.1, -0.05) is 71.9 Å². The summed E-state index contributed by atoms with van der Waals surface area (Å²) in [7, 11) is 4.01. The van der Waals surface area contributed by atoms with Crippen molar-refractivity contribution >= 4 is 23.2 Å². The Morgan fingerprint density at radius 2 is 1.65 bits per heavy atom. The summed E-state index contributed by atoms with van der Waals surface area (Å²) in [4.78, 5) is 30.3. The van der Waals surface area contributed by atoms with Crippen molar-refractivity contribution in [3.05, 3.63) is 59.7 Å². The van der Waals surface area contributed by atoms with Gasteiger partial charge in [-0.2, -0.15) is 0 Å². The van der Waals surface area contributed by atoms with Crippen molar-refractivity contribution in [2.45, 2.75) is 66.8 Å². The maximum absolute atomic E-state index is 13.8. The summed E-state index contributed by atoms with van der Waals surface area (Å²) in [5.41, 5.74) is 3.81. The summed E-state index contributed by atoms with van der Waals surface area (Å²) < 4.78 is 0. The fraction of sp³-hybridized carbons (Fsp3) is 0.517. The number of hydrogen-bond acceptors (Lipinski definition) is 3. The second-order valence-electron chi connectivity index (χ2n) is 11.0. The van der Waals surface area contributed by atoms with Crippen molar-refractivity contribution in [1.29, 1.82) is 0 Å². The van der Waals surface area contributed by atoms with Crippen molar-refractivity contribution in [3.8, 4) is 0 Å². The minimum absolute atomic E-state index is 0.00120. The van der Waals surface area contributed by atoms with Crippen molar-refractivity contribution in [1.82, 2.24) is 4.90 Å². The molecule has 1 N–H and O–H groups in total. The highest BCUT2D eigenvalue weighted by Gasteiger charge is 2.26. The molecule has 0 fully saturated rings. The molecule has 0 saturated heterocycles. The summed E-state index contributed by atoms with van der Waals surface area (Å²) in [6, 6.07) is 16.0. The predicted octanol–water partition coefficient (Wildman–Crippen LogP) is 6.31. The number of carbonyl (C=O) groups is 2. The zero-order valence-electron chi connectivity index (χ0n) is 22.3. The van der Waals surface area contributed by atoms with Gasteiger partial charge in [0, 0.05) is 45.0 Å². The minimum Gasteiger partial charge on any atom is -0.377 e. The lowest BCUT2D eigenvalue weighted by Crippen LogP contribution is -2.37. The van der Waals surface area contributed by atoms with E-state index in [1.54, 1.807) is 0 Å². The molecule has 1 unspecified atom stereocenters. The van der Waals surface area contributed by atoms with E-state index in [1.807, 2.05) is 67.5 Å². The molecule has 5 nitrogen and oxygen atoms in total. The zero-order chi connectivity index (χ0) is 25.5. The van der Waals surface area contributed by atoms with E-state index in [9.17, 15) is 9.59 Å². The van der Waals surface area contributed by atoms with Crippen LogP contribution in [-0.2, 0) is 16.1 Å². The molecule has 0 saturated carbocycles. The molecular weight excluding hydrogens is 422 g/mol. The first-order valence-corrected chi connectivity index (χ1v) is 12.3. The maximum atomic E-state index is 13.8. The normalized spacial score (nSPS) is 12.4. The van der Waals surface area contributed by atoms with Crippen LogP contribution in [-0.4, -0.2) is 37.4 Å². The first-order chi connectivity index (χ1) is 15.9. The SMILES string of the molecule is CCC(C(=O)N(Cc1cc(NC(=O)CC(C)(C)C)ccc1N(C)C)CC(C)C)c1ccccc1. The molecule has 2 rings (SSSR count). The fourth-order valence-electron chi connectivity index (χ4n) is 4.25. The third kappa shape index (κ3) is 8.19. The molecular formula is C29H43N3O2. The summed E-state index contributed by atoms with van der Waals surface area (Å²) in [6.07, 6.45) is 1.20. The van der Waals surface area contributed by atoms with Crippen LogP contribution in [0.5, 0.6) is 0 Å². The molecule has 2 aromatic rings. The molecule has 0 aliphatic heterocycles. The Hall–Kier alpha value is -2.82. The van der Waals surface area contributed by atoms with Crippen molar-refractivity contribution in [2.75, 3.05) is 30.9 Å². The van der Waals surface area contributed by atoms with E-state index < -0.39 is 0 Å². The van der Waals surface area contributed by atoms with E-state index in [2.05, 4.69) is 51.8 Å². The van der Waals surface area contributed by atoms with Crippen LogP contribution in [0.2, 0.25) is 0 Å². The van der Waals surface area contributed by atoms with E-state index in [1.165, 1.54) is 0 Å². The van der Waals surface area contributed by atoms with Crippen molar-refractivity contribution in [3.63, 3.8) is 0 Å². The number of rotatable bonds is 10. The standard InChI is InChI=1S/C29H43N3O2/c1-9-25(22-13-11-10-12-14-22)28(34)32(19-21(2)3)20-23-17-24(15-16-26(23)31(7)8)30-27(33)18-29(4,5)6/h10-17,21,25H,9,18-20H2,1-8H3,(H,30,33). The Bertz CT molecular complexity index is 946. The Morgan fingerprint density at radius 3 is 2.18 bits per heavy atom. The van der Waals surface area contributed by atoms with Gasteiger partial charge in [-0.25, -0.2) is 0 Å². The number of hydrogen-bond donors (Lipinski definition) is 1. The highest BCUT2D eigenvalue weighted by atomic mass is 16.2. The van der Waals surface area contributed by atoms with Gasteiger partial charge in [-0.3, -0.25) is 9.59 Å². The van der Waals surface area contributed by atoms with Gasteiger partial charge < -0.3 is 15.1 Å². The largest absolute Gasteiger partial charge is 0.377 e. The van der Waals surface area contributed by atoms with Crippen LogP contribution < -0.4 is 10.2 Å². The van der Waals surface area contributed by atoms with Crippen LogP contribution in [0.25, 0.3) is 0 Å². The van der Waals surface area contributed by atoms with Gasteiger partial charge in [-0.05, 0) is 47.1 Å². The van der Waals surface area contributed by atoms with Gasteiger partial charge in [0.05, 0.1) is 5.92 Å². The lowest BCUT2D eigenvalue weighted by molar-refractivity contribution is -0.134. The molecule has 0 aliphatic rings. The molecule has 0 spiro atoms. The van der Waals surface area contributed by atoms with Gasteiger partial charge in [-0.15, -0.1) is 0 Å². The highest BCUT2D eigenvalue weighted by Crippen LogP contribution is 2.29. The van der Waals surface area contributed by atoms with Crippen molar-refractivity contribution < 1.29 is 9.59 Å². The lowest BCUT2D eigenvalue weighted by Gasteiger charge is -2.30. The quantitative estimate of drug-likeness (QED) is 0.448. The Balaban J connectivity index is 2.37. The molecule has 34 heavy (non-hydrogen) atoms. The molecule has 0 heterocycles. The average Bonchev–Trinajstić information content (AvgIpc) is 2.72. The molecule has 2 amide bonds. The molecule has 5 heteroatoms. The minimum atomic E-state index is -0.169. The smallest absolute Gasteiger partial charge is 0.230 e. The van der Waals surface area contributed by atoms with Gasteiger partial charge in [0.2, 0.25) is 11.8 Å². The molecule has 1 atom stereocenters. The van der Waals surface area contributed by atoms with Crippen LogP contribution in [0.4, 0.5) is 11.4 Å². The van der Waals surface area contributed by atoms with E-state index in [0.29, 0.717) is 25.4 Å². The Labute approximate surface area is 206 Å². The lowest BCUT2D eigenvalue weighted by atomic mass is 9.92. The van der Waals surface area contributed by atoms with Crippen LogP contribution in [0, 0.1) is 11.3 Å². The van der Waals surface area contributed by atoms with Crippen LogP contribution in [0.1, 0.15) is 71.4 Å². The van der Waals surface area contributed by atoms with Crippen LogP contribution >= 0.6 is 0 Å². The van der Waals surface area contributed by atoms with Gasteiger partial charge >= 0.3 is 0 Å². The van der Waals surface area contributed by atoms with Gasteiger partial charge in [0.25, 0.3) is 0 Å². The second kappa shape index (κ2) is 12.0. The van der Waals surface area contributed by atoms with E-state index in [-0.39, 0.29) is 23.1 Å². The summed E-state index contributed by atoms with van der Waals surface area (Å²) >= 11 is 0. The van der Waals surface area contributed by atoms with Crippen LogP contribution in [0.15, 0.2) is 48.5 Å². The Morgan fingerprint density at radius 1 is 1.00 bits per heavy atom.